The van der Waals surface area contributed by atoms with E-state index in [1.54, 1.807) is 0 Å². The van der Waals surface area contributed by atoms with Crippen LogP contribution >= 0.6 is 22.8 Å². The summed E-state index contributed by atoms with van der Waals surface area (Å²) in [7, 11) is 0.508. The molecule has 0 spiro atoms. The van der Waals surface area contributed by atoms with E-state index in [2.05, 4.69) is 13.5 Å². The van der Waals surface area contributed by atoms with E-state index in [-0.39, 0.29) is 6.35 Å². The molecule has 1 unspecified atom stereocenters. The van der Waals surface area contributed by atoms with E-state index in [0.29, 0.717) is 0 Å². The Balaban J connectivity index is 3.61. The van der Waals surface area contributed by atoms with Gasteiger partial charge in [-0.1, -0.05) is 0 Å². The van der Waals surface area contributed by atoms with Gasteiger partial charge in [-0.05, 0) is 0 Å². The summed E-state index contributed by atoms with van der Waals surface area (Å²) in [6, 6.07) is 0. The zero-order chi connectivity index (χ0) is 14.6. The van der Waals surface area contributed by atoms with Gasteiger partial charge in [0.25, 0.3) is 0 Å². The highest BCUT2D eigenvalue weighted by Gasteiger charge is 2.39. The predicted molar refractivity (Wildman–Crippen MR) is 75.0 cm³/mol. The van der Waals surface area contributed by atoms with Gasteiger partial charge in [-0.3, -0.25) is 0 Å². The standard InChI is InChI=1S/C7H20N3O6P3/c1-11-7-17(12-2)8-18(13-3,14-4)10-19(9-17,15-5)16-6/h7H2,1-6H3. The van der Waals surface area contributed by atoms with Crippen LogP contribution in [0.25, 0.3) is 0 Å². The molecule has 0 saturated carbocycles. The van der Waals surface area contributed by atoms with Crippen LogP contribution < -0.4 is 0 Å². The van der Waals surface area contributed by atoms with Crippen LogP contribution in [0.15, 0.2) is 13.5 Å². The summed E-state index contributed by atoms with van der Waals surface area (Å²) < 4.78 is 45.2. The van der Waals surface area contributed by atoms with E-state index >= 15 is 0 Å². The molecule has 0 saturated heterocycles. The third-order valence-electron chi connectivity index (χ3n) is 2.27. The van der Waals surface area contributed by atoms with E-state index in [1.807, 2.05) is 0 Å². The number of methoxy groups -OCH3 is 1. The van der Waals surface area contributed by atoms with Crippen LogP contribution in [0.4, 0.5) is 0 Å². The number of nitrogens with zero attached hydrogens (tertiary/aromatic N) is 3. The highest BCUT2D eigenvalue weighted by molar-refractivity contribution is 7.79. The van der Waals surface area contributed by atoms with Gasteiger partial charge in [-0.25, -0.2) is 0 Å². The van der Waals surface area contributed by atoms with Gasteiger partial charge in [0.05, 0.1) is 0 Å². The molecule has 1 atom stereocenters. The number of hydrogen-bond donors (Lipinski definition) is 0. The molecule has 1 heterocycles. The fraction of sp³-hybridized carbons (Fsp3) is 1.00. The number of ether oxygens (including phenoxy) is 1. The van der Waals surface area contributed by atoms with Crippen LogP contribution in [-0.2, 0) is 27.4 Å². The maximum atomic E-state index is 5.47. The highest BCUT2D eigenvalue weighted by Crippen LogP contribution is 2.79. The maximum absolute atomic E-state index is 5.47. The van der Waals surface area contributed by atoms with Gasteiger partial charge in [0.2, 0.25) is 7.43 Å². The predicted octanol–water partition coefficient (Wildman–Crippen LogP) is 3.76. The van der Waals surface area contributed by atoms with Crippen molar-refractivity contribution in [1.82, 2.24) is 0 Å². The SMILES string of the molecule is COCP1(OC)=NP(OC)(OC)=NP(OC)(OC)=N1. The molecule has 114 valence electrons. The molecule has 0 N–H and O–H groups in total. The van der Waals surface area contributed by atoms with Gasteiger partial charge >= 0.3 is 15.3 Å². The molecule has 0 aromatic heterocycles. The zero-order valence-corrected chi connectivity index (χ0v) is 14.5. The Morgan fingerprint density at radius 1 is 0.632 bits per heavy atom. The van der Waals surface area contributed by atoms with Crippen molar-refractivity contribution in [2.75, 3.05) is 49.0 Å². The van der Waals surface area contributed by atoms with Crippen molar-refractivity contribution in [3.8, 4) is 0 Å². The fourth-order valence-corrected chi connectivity index (χ4v) is 10.8. The Morgan fingerprint density at radius 2 is 1.11 bits per heavy atom. The number of rotatable bonds is 7. The Kier molecular flexibility index (Phi) is 6.39. The molecule has 1 aliphatic rings. The summed E-state index contributed by atoms with van der Waals surface area (Å²) in [4.78, 5) is 0. The maximum Gasteiger partial charge on any atom is 0.346 e. The molecule has 9 nitrogen and oxygen atoms in total. The quantitative estimate of drug-likeness (QED) is 0.658. The Hall–Kier alpha value is 0.450. The minimum absolute atomic E-state index is 0.183. The monoisotopic (exact) mass is 335 g/mol. The largest absolute Gasteiger partial charge is 0.374 e. The first-order valence-electron chi connectivity index (χ1n) is 5.17. The molecule has 0 aliphatic carbocycles. The third-order valence-corrected chi connectivity index (χ3v) is 11.2. The summed E-state index contributed by atoms with van der Waals surface area (Å²) in [5.74, 6) is 0. The second-order valence-electron chi connectivity index (χ2n) is 3.24. The Labute approximate surface area is 113 Å². The molecular weight excluding hydrogens is 315 g/mol. The lowest BCUT2D eigenvalue weighted by atomic mass is 11.5. The first kappa shape index (κ1) is 17.5. The van der Waals surface area contributed by atoms with Crippen LogP contribution in [0.5, 0.6) is 0 Å². The second kappa shape index (κ2) is 6.94. The summed E-state index contributed by atoms with van der Waals surface area (Å²) >= 11 is 0. The summed E-state index contributed by atoms with van der Waals surface area (Å²) in [6.45, 7) is 0. The molecule has 0 amide bonds. The fourth-order valence-electron chi connectivity index (χ4n) is 1.34. The zero-order valence-electron chi connectivity index (χ0n) is 11.8. The topological polar surface area (TPSA) is 92.5 Å². The molecule has 12 heteroatoms. The molecule has 19 heavy (non-hydrogen) atoms. The molecule has 1 rings (SSSR count). The summed E-state index contributed by atoms with van der Waals surface area (Å²) in [5, 5.41) is 0. The lowest BCUT2D eigenvalue weighted by Crippen LogP contribution is -2.00. The first-order chi connectivity index (χ1) is 8.99. The van der Waals surface area contributed by atoms with Gasteiger partial charge in [0, 0.05) is 42.7 Å². The van der Waals surface area contributed by atoms with Crippen molar-refractivity contribution >= 4 is 22.8 Å². The Bertz CT molecular complexity index is 451. The molecule has 0 fully saturated rings. The van der Waals surface area contributed by atoms with E-state index in [4.69, 9.17) is 27.4 Å². The van der Waals surface area contributed by atoms with E-state index in [1.165, 1.54) is 42.7 Å². The van der Waals surface area contributed by atoms with Crippen molar-refractivity contribution in [2.45, 2.75) is 0 Å². The van der Waals surface area contributed by atoms with E-state index < -0.39 is 22.8 Å². The molecule has 0 aromatic rings. The van der Waals surface area contributed by atoms with Crippen molar-refractivity contribution in [3.05, 3.63) is 0 Å². The van der Waals surface area contributed by atoms with E-state index in [0.717, 1.165) is 0 Å². The van der Waals surface area contributed by atoms with Gasteiger partial charge < -0.3 is 27.4 Å². The van der Waals surface area contributed by atoms with Crippen LogP contribution in [0.1, 0.15) is 0 Å². The van der Waals surface area contributed by atoms with Crippen molar-refractivity contribution in [3.63, 3.8) is 0 Å². The molecular formula is C7H20N3O6P3. The normalized spacial score (nSPS) is 28.1. The van der Waals surface area contributed by atoms with Crippen LogP contribution in [-0.4, -0.2) is 49.0 Å². The van der Waals surface area contributed by atoms with E-state index in [9.17, 15) is 0 Å². The lowest BCUT2D eigenvalue weighted by Gasteiger charge is -2.30. The van der Waals surface area contributed by atoms with Crippen LogP contribution in [0, 0.1) is 0 Å². The first-order valence-corrected chi connectivity index (χ1v) is 10.0. The van der Waals surface area contributed by atoms with Gasteiger partial charge in [0.1, 0.15) is 6.35 Å². The van der Waals surface area contributed by atoms with Gasteiger partial charge in [-0.15, -0.1) is 4.52 Å². The van der Waals surface area contributed by atoms with Gasteiger partial charge in [-0.2, -0.15) is 9.03 Å². The summed E-state index contributed by atoms with van der Waals surface area (Å²) in [5.41, 5.74) is 0. The molecule has 0 aromatic carbocycles. The molecule has 1 aliphatic heterocycles. The smallest absolute Gasteiger partial charge is 0.346 e. The average molecular weight is 335 g/mol. The molecule has 0 bridgehead atoms. The minimum atomic E-state index is -2.87. The minimum Gasteiger partial charge on any atom is -0.374 e. The van der Waals surface area contributed by atoms with Crippen LogP contribution in [0.2, 0.25) is 0 Å². The molecule has 0 radical (unpaired) electrons. The van der Waals surface area contributed by atoms with Crippen molar-refractivity contribution in [2.24, 2.45) is 13.5 Å². The number of hydrogen-bond acceptors (Lipinski definition) is 9. The summed E-state index contributed by atoms with van der Waals surface area (Å²) in [6.07, 6.45) is 0.183. The van der Waals surface area contributed by atoms with Crippen molar-refractivity contribution < 1.29 is 27.4 Å². The third kappa shape index (κ3) is 3.56. The van der Waals surface area contributed by atoms with Gasteiger partial charge in [0.15, 0.2) is 0 Å². The van der Waals surface area contributed by atoms with Crippen LogP contribution in [0.3, 0.4) is 0 Å². The second-order valence-corrected chi connectivity index (χ2v) is 10.8. The average Bonchev–Trinajstić information content (AvgIpc) is 2.47. The highest BCUT2D eigenvalue weighted by atomic mass is 31.3. The lowest BCUT2D eigenvalue weighted by molar-refractivity contribution is 0.240. The van der Waals surface area contributed by atoms with Crippen molar-refractivity contribution in [1.29, 1.82) is 0 Å². The Morgan fingerprint density at radius 3 is 1.47 bits per heavy atom.